The first-order valence-corrected chi connectivity index (χ1v) is 11.3. The van der Waals surface area contributed by atoms with Crippen molar-refractivity contribution in [2.24, 2.45) is 4.99 Å². The van der Waals surface area contributed by atoms with E-state index in [9.17, 15) is 0 Å². The van der Waals surface area contributed by atoms with Crippen molar-refractivity contribution in [3.63, 3.8) is 0 Å². The van der Waals surface area contributed by atoms with Crippen molar-refractivity contribution < 1.29 is 4.74 Å². The number of methoxy groups -OCH3 is 1. The molecule has 0 spiro atoms. The van der Waals surface area contributed by atoms with Crippen molar-refractivity contribution in [3.05, 3.63) is 94.8 Å². The Labute approximate surface area is 195 Å². The molecule has 32 heavy (non-hydrogen) atoms. The lowest BCUT2D eigenvalue weighted by Gasteiger charge is -2.19. The number of hydrogen-bond donors (Lipinski definition) is 0. The SMILES string of the molecule is C=Cc1ccc(-c2c(CC)cccc2-c2ccc3c(n2)C(OC)=NC=CCC3C)cc1Cl. The van der Waals surface area contributed by atoms with Crippen LogP contribution in [-0.2, 0) is 11.2 Å². The maximum Gasteiger partial charge on any atom is 0.239 e. The quantitative estimate of drug-likeness (QED) is 0.415. The predicted octanol–water partition coefficient (Wildman–Crippen LogP) is 7.69. The molecule has 4 heteroatoms. The van der Waals surface area contributed by atoms with Gasteiger partial charge in [0.1, 0.15) is 5.69 Å². The van der Waals surface area contributed by atoms with Gasteiger partial charge >= 0.3 is 0 Å². The highest BCUT2D eigenvalue weighted by molar-refractivity contribution is 6.32. The highest BCUT2D eigenvalue weighted by Crippen LogP contribution is 2.37. The Hall–Kier alpha value is -3.17. The molecule has 0 bridgehead atoms. The Morgan fingerprint density at radius 3 is 2.75 bits per heavy atom. The fraction of sp³-hybridized carbons (Fsp3) is 0.214. The fourth-order valence-corrected chi connectivity index (χ4v) is 4.47. The van der Waals surface area contributed by atoms with Crippen LogP contribution in [0.3, 0.4) is 0 Å². The summed E-state index contributed by atoms with van der Waals surface area (Å²) in [5, 5.41) is 0.690. The minimum atomic E-state index is 0.329. The lowest BCUT2D eigenvalue weighted by atomic mass is 9.89. The number of halogens is 1. The number of ether oxygens (including phenoxy) is 1. The van der Waals surface area contributed by atoms with Crippen LogP contribution in [-0.4, -0.2) is 18.0 Å². The molecule has 1 aromatic heterocycles. The monoisotopic (exact) mass is 442 g/mol. The number of fused-ring (bicyclic) bond motifs is 1. The van der Waals surface area contributed by atoms with E-state index in [4.69, 9.17) is 21.3 Å². The number of benzene rings is 2. The third kappa shape index (κ3) is 4.13. The molecular formula is C28H27ClN2O. The Morgan fingerprint density at radius 1 is 1.19 bits per heavy atom. The van der Waals surface area contributed by atoms with Crippen LogP contribution in [0.15, 0.2) is 72.4 Å². The van der Waals surface area contributed by atoms with Gasteiger partial charge in [0.2, 0.25) is 5.90 Å². The van der Waals surface area contributed by atoms with E-state index in [1.165, 1.54) is 5.56 Å². The van der Waals surface area contributed by atoms with Crippen molar-refractivity contribution in [3.8, 4) is 22.4 Å². The molecule has 3 nitrogen and oxygen atoms in total. The lowest BCUT2D eigenvalue weighted by molar-refractivity contribution is 0.402. The molecule has 0 saturated heterocycles. The molecule has 4 rings (SSSR count). The van der Waals surface area contributed by atoms with Crippen molar-refractivity contribution in [1.29, 1.82) is 0 Å². The van der Waals surface area contributed by atoms with E-state index in [0.29, 0.717) is 16.8 Å². The van der Waals surface area contributed by atoms with Crippen molar-refractivity contribution in [2.75, 3.05) is 7.11 Å². The summed E-state index contributed by atoms with van der Waals surface area (Å²) in [5.41, 5.74) is 8.28. The molecule has 0 saturated carbocycles. The van der Waals surface area contributed by atoms with Crippen LogP contribution >= 0.6 is 11.6 Å². The van der Waals surface area contributed by atoms with E-state index in [0.717, 1.165) is 52.0 Å². The maximum absolute atomic E-state index is 6.53. The fourth-order valence-electron chi connectivity index (χ4n) is 4.21. The second-order valence-electron chi connectivity index (χ2n) is 7.93. The number of hydrogen-bond acceptors (Lipinski definition) is 3. The number of aromatic nitrogens is 1. The summed E-state index contributed by atoms with van der Waals surface area (Å²) in [5.74, 6) is 0.867. The number of aliphatic imine (C=N–C) groups is 1. The van der Waals surface area contributed by atoms with Gasteiger partial charge < -0.3 is 4.74 Å². The summed E-state index contributed by atoms with van der Waals surface area (Å²) in [4.78, 5) is 9.55. The zero-order valence-corrected chi connectivity index (χ0v) is 19.5. The van der Waals surface area contributed by atoms with Crippen LogP contribution in [0.4, 0.5) is 0 Å². The smallest absolute Gasteiger partial charge is 0.239 e. The van der Waals surface area contributed by atoms with E-state index in [2.05, 4.69) is 67.9 Å². The standard InChI is InChI=1S/C28H27ClN2O/c1-5-19-12-13-21(17-24(19)29)26-20(6-2)10-7-11-23(26)25-15-14-22-18(3)9-8-16-30-28(32-4)27(22)31-25/h5,7-8,10-18H,1,6,9H2,2-4H3. The maximum atomic E-state index is 6.53. The van der Waals surface area contributed by atoms with Crippen molar-refractivity contribution in [2.45, 2.75) is 32.6 Å². The number of pyridine rings is 1. The summed E-state index contributed by atoms with van der Waals surface area (Å²) >= 11 is 6.53. The summed E-state index contributed by atoms with van der Waals surface area (Å²) in [6, 6.07) is 16.8. The Balaban J connectivity index is 1.94. The number of rotatable bonds is 4. The number of nitrogens with zero attached hydrogens (tertiary/aromatic N) is 2. The molecule has 1 atom stereocenters. The largest absolute Gasteiger partial charge is 0.479 e. The molecule has 0 fully saturated rings. The van der Waals surface area contributed by atoms with Gasteiger partial charge in [-0.15, -0.1) is 0 Å². The molecule has 1 aliphatic heterocycles. The first-order valence-electron chi connectivity index (χ1n) is 10.9. The molecule has 1 unspecified atom stereocenters. The van der Waals surface area contributed by atoms with Crippen LogP contribution in [0.25, 0.3) is 28.5 Å². The zero-order chi connectivity index (χ0) is 22.7. The molecule has 1 aliphatic rings. The normalized spacial score (nSPS) is 15.4. The zero-order valence-electron chi connectivity index (χ0n) is 18.7. The third-order valence-corrected chi connectivity index (χ3v) is 6.28. The average Bonchev–Trinajstić information content (AvgIpc) is 2.82. The lowest BCUT2D eigenvalue weighted by Crippen LogP contribution is -2.13. The third-order valence-electron chi connectivity index (χ3n) is 5.96. The topological polar surface area (TPSA) is 34.5 Å². The molecule has 2 heterocycles. The van der Waals surface area contributed by atoms with Crippen molar-refractivity contribution in [1.82, 2.24) is 4.98 Å². The molecular weight excluding hydrogens is 416 g/mol. The Kier molecular flexibility index (Phi) is 6.57. The molecule has 0 amide bonds. The van der Waals surface area contributed by atoms with Gasteiger partial charge in [-0.2, -0.15) is 0 Å². The van der Waals surface area contributed by atoms with Crippen molar-refractivity contribution >= 4 is 23.6 Å². The second-order valence-corrected chi connectivity index (χ2v) is 8.34. The van der Waals surface area contributed by atoms with Crippen LogP contribution in [0.2, 0.25) is 5.02 Å². The number of allylic oxidation sites excluding steroid dienone is 1. The number of aryl methyl sites for hydroxylation is 1. The first kappa shape index (κ1) is 22.0. The van der Waals surface area contributed by atoms with Gasteiger partial charge in [-0.3, -0.25) is 0 Å². The highest BCUT2D eigenvalue weighted by atomic mass is 35.5. The Morgan fingerprint density at radius 2 is 2.03 bits per heavy atom. The molecule has 0 aliphatic carbocycles. The summed E-state index contributed by atoms with van der Waals surface area (Å²) < 4.78 is 5.60. The molecule has 0 N–H and O–H groups in total. The van der Waals surface area contributed by atoms with E-state index < -0.39 is 0 Å². The van der Waals surface area contributed by atoms with Gasteiger partial charge in [0, 0.05) is 16.8 Å². The molecule has 3 aromatic rings. The predicted molar refractivity (Wildman–Crippen MR) is 135 cm³/mol. The summed E-state index contributed by atoms with van der Waals surface area (Å²) in [6.07, 6.45) is 7.47. The second kappa shape index (κ2) is 9.54. The van der Waals surface area contributed by atoms with E-state index in [-0.39, 0.29) is 0 Å². The van der Waals surface area contributed by atoms with Crippen LogP contribution < -0.4 is 0 Å². The summed E-state index contributed by atoms with van der Waals surface area (Å²) in [7, 11) is 1.64. The van der Waals surface area contributed by atoms with E-state index >= 15 is 0 Å². The van der Waals surface area contributed by atoms with Crippen LogP contribution in [0.5, 0.6) is 0 Å². The minimum absolute atomic E-state index is 0.329. The average molecular weight is 443 g/mol. The van der Waals surface area contributed by atoms with Gasteiger partial charge in [-0.1, -0.05) is 80.6 Å². The van der Waals surface area contributed by atoms with Gasteiger partial charge in [-0.05, 0) is 58.7 Å². The van der Waals surface area contributed by atoms with Crippen LogP contribution in [0.1, 0.15) is 48.6 Å². The van der Waals surface area contributed by atoms with Crippen LogP contribution in [0, 0.1) is 0 Å². The van der Waals surface area contributed by atoms with E-state index in [1.54, 1.807) is 19.4 Å². The molecule has 0 radical (unpaired) electrons. The van der Waals surface area contributed by atoms with Gasteiger partial charge in [-0.25, -0.2) is 9.98 Å². The first-order chi connectivity index (χ1) is 15.6. The van der Waals surface area contributed by atoms with Gasteiger partial charge in [0.15, 0.2) is 0 Å². The summed E-state index contributed by atoms with van der Waals surface area (Å²) in [6.45, 7) is 8.22. The van der Waals surface area contributed by atoms with Gasteiger partial charge in [0.05, 0.1) is 12.8 Å². The van der Waals surface area contributed by atoms with Gasteiger partial charge in [0.25, 0.3) is 0 Å². The highest BCUT2D eigenvalue weighted by Gasteiger charge is 2.21. The molecule has 2 aromatic carbocycles. The minimum Gasteiger partial charge on any atom is -0.479 e. The van der Waals surface area contributed by atoms with E-state index in [1.807, 2.05) is 12.1 Å². The Bertz CT molecular complexity index is 1230. The molecule has 162 valence electrons.